The van der Waals surface area contributed by atoms with Gasteiger partial charge >= 0.3 is 0 Å². The molecule has 0 aliphatic carbocycles. The molecule has 1 aromatic heterocycles. The van der Waals surface area contributed by atoms with Gasteiger partial charge in [0.05, 0.1) is 0 Å². The summed E-state index contributed by atoms with van der Waals surface area (Å²) >= 11 is 0. The molecule has 19 heavy (non-hydrogen) atoms. The normalized spacial score (nSPS) is 27.7. The number of hydrogen-bond acceptors (Lipinski definition) is 3. The first-order valence-corrected chi connectivity index (χ1v) is 7.37. The van der Waals surface area contributed by atoms with Crippen LogP contribution in [0.2, 0.25) is 0 Å². The molecule has 1 aromatic rings. The molecule has 0 bridgehead atoms. The number of aryl methyl sites for hydroxylation is 2. The second-order valence-electron chi connectivity index (χ2n) is 6.26. The van der Waals surface area contributed by atoms with Crippen LogP contribution in [0.4, 0.5) is 5.69 Å². The number of anilines is 1. The molecule has 106 valence electrons. The number of aromatic nitrogens is 1. The molecule has 3 atom stereocenters. The lowest BCUT2D eigenvalue weighted by Crippen LogP contribution is -2.46. The summed E-state index contributed by atoms with van der Waals surface area (Å²) in [5.74, 6) is 1.47. The lowest BCUT2D eigenvalue weighted by molar-refractivity contribution is 0.296. The lowest BCUT2D eigenvalue weighted by atomic mass is 9.85. The molecule has 2 heterocycles. The molecule has 1 aliphatic rings. The van der Waals surface area contributed by atoms with Crippen LogP contribution in [0.5, 0.6) is 0 Å². The van der Waals surface area contributed by atoms with E-state index in [2.05, 4.69) is 50.6 Å². The van der Waals surface area contributed by atoms with Crippen molar-refractivity contribution in [3.05, 3.63) is 23.0 Å². The van der Waals surface area contributed by atoms with E-state index in [1.54, 1.807) is 0 Å². The van der Waals surface area contributed by atoms with Crippen molar-refractivity contribution < 1.29 is 0 Å². The van der Waals surface area contributed by atoms with Crippen molar-refractivity contribution in [3.63, 3.8) is 0 Å². The molecule has 3 heteroatoms. The van der Waals surface area contributed by atoms with E-state index in [1.165, 1.54) is 17.7 Å². The van der Waals surface area contributed by atoms with Gasteiger partial charge in [0.25, 0.3) is 0 Å². The zero-order valence-corrected chi connectivity index (χ0v) is 12.9. The van der Waals surface area contributed by atoms with Crippen molar-refractivity contribution in [2.24, 2.45) is 17.6 Å². The van der Waals surface area contributed by atoms with Gasteiger partial charge in [0.2, 0.25) is 0 Å². The van der Waals surface area contributed by atoms with Crippen LogP contribution in [0.25, 0.3) is 0 Å². The van der Waals surface area contributed by atoms with Gasteiger partial charge in [-0.3, -0.25) is 4.98 Å². The summed E-state index contributed by atoms with van der Waals surface area (Å²) in [6.07, 6.45) is 1.32. The predicted molar refractivity (Wildman–Crippen MR) is 81.4 cm³/mol. The third-order valence-electron chi connectivity index (χ3n) is 4.55. The van der Waals surface area contributed by atoms with Gasteiger partial charge in [0.1, 0.15) is 0 Å². The first kappa shape index (κ1) is 14.3. The Morgan fingerprint density at radius 2 is 2.00 bits per heavy atom. The molecule has 0 radical (unpaired) electrons. The molecular formula is C16H27N3. The van der Waals surface area contributed by atoms with Gasteiger partial charge in [0, 0.05) is 41.8 Å². The van der Waals surface area contributed by atoms with Crippen molar-refractivity contribution in [1.29, 1.82) is 0 Å². The van der Waals surface area contributed by atoms with Gasteiger partial charge in [-0.2, -0.15) is 0 Å². The highest BCUT2D eigenvalue weighted by Crippen LogP contribution is 2.34. The minimum Gasteiger partial charge on any atom is -0.368 e. The molecule has 3 unspecified atom stereocenters. The third kappa shape index (κ3) is 2.76. The maximum absolute atomic E-state index is 5.96. The Hall–Kier alpha value is -1.09. The van der Waals surface area contributed by atoms with Gasteiger partial charge < -0.3 is 10.6 Å². The minimum atomic E-state index is 0.570. The van der Waals surface area contributed by atoms with E-state index < -0.39 is 0 Å². The van der Waals surface area contributed by atoms with Crippen molar-refractivity contribution in [1.82, 2.24) is 4.98 Å². The monoisotopic (exact) mass is 261 g/mol. The summed E-state index contributed by atoms with van der Waals surface area (Å²) in [4.78, 5) is 7.10. The van der Waals surface area contributed by atoms with Crippen LogP contribution in [-0.4, -0.2) is 17.6 Å². The first-order chi connectivity index (χ1) is 8.93. The summed E-state index contributed by atoms with van der Waals surface area (Å²) in [6, 6.07) is 2.78. The molecule has 0 aromatic carbocycles. The lowest BCUT2D eigenvalue weighted by Gasteiger charge is -2.43. The molecule has 2 rings (SSSR count). The molecule has 3 nitrogen and oxygen atoms in total. The van der Waals surface area contributed by atoms with Gasteiger partial charge in [-0.15, -0.1) is 0 Å². The highest BCUT2D eigenvalue weighted by molar-refractivity contribution is 5.57. The molecule has 0 spiro atoms. The maximum atomic E-state index is 5.96. The van der Waals surface area contributed by atoms with Crippen LogP contribution in [0.1, 0.15) is 44.1 Å². The standard InChI is InChI=1S/C16H27N3/c1-10-6-11(2)14(5)19(9-10)16-7-12(3)18-13(4)15(16)8-17/h7,10-11,14H,6,8-9,17H2,1-5H3. The summed E-state index contributed by atoms with van der Waals surface area (Å²) in [5.41, 5.74) is 10.6. The number of nitrogens with zero attached hydrogens (tertiary/aromatic N) is 2. The van der Waals surface area contributed by atoms with Gasteiger partial charge in [-0.25, -0.2) is 0 Å². The van der Waals surface area contributed by atoms with Gasteiger partial charge in [-0.05, 0) is 45.1 Å². The quantitative estimate of drug-likeness (QED) is 0.890. The molecule has 1 aliphatic heterocycles. The summed E-state index contributed by atoms with van der Waals surface area (Å²) in [5, 5.41) is 0. The van der Waals surface area contributed by atoms with E-state index in [1.807, 2.05) is 0 Å². The van der Waals surface area contributed by atoms with Crippen molar-refractivity contribution in [2.45, 2.75) is 53.6 Å². The van der Waals surface area contributed by atoms with Crippen LogP contribution in [0.3, 0.4) is 0 Å². The van der Waals surface area contributed by atoms with E-state index in [0.717, 1.165) is 29.8 Å². The Kier molecular flexibility index (Phi) is 4.14. The fourth-order valence-electron chi connectivity index (χ4n) is 3.38. The third-order valence-corrected chi connectivity index (χ3v) is 4.55. The minimum absolute atomic E-state index is 0.570. The van der Waals surface area contributed by atoms with E-state index in [0.29, 0.717) is 12.6 Å². The van der Waals surface area contributed by atoms with E-state index in [9.17, 15) is 0 Å². The second-order valence-corrected chi connectivity index (χ2v) is 6.26. The van der Waals surface area contributed by atoms with Crippen LogP contribution in [0.15, 0.2) is 6.07 Å². The first-order valence-electron chi connectivity index (χ1n) is 7.37. The Bertz CT molecular complexity index is 456. The van der Waals surface area contributed by atoms with Crippen LogP contribution >= 0.6 is 0 Å². The fraction of sp³-hybridized carbons (Fsp3) is 0.688. The largest absolute Gasteiger partial charge is 0.368 e. The number of hydrogen-bond donors (Lipinski definition) is 1. The molecular weight excluding hydrogens is 234 g/mol. The van der Waals surface area contributed by atoms with Crippen LogP contribution in [0, 0.1) is 25.7 Å². The predicted octanol–water partition coefficient (Wildman–Crippen LogP) is 3.03. The zero-order chi connectivity index (χ0) is 14.2. The average Bonchev–Trinajstić information content (AvgIpc) is 2.33. The fourth-order valence-corrected chi connectivity index (χ4v) is 3.38. The van der Waals surface area contributed by atoms with Crippen LogP contribution in [-0.2, 0) is 6.54 Å². The Morgan fingerprint density at radius 1 is 1.32 bits per heavy atom. The topological polar surface area (TPSA) is 42.1 Å². The van der Waals surface area contributed by atoms with Crippen molar-refractivity contribution in [2.75, 3.05) is 11.4 Å². The second kappa shape index (κ2) is 5.49. The molecule has 1 fully saturated rings. The average molecular weight is 261 g/mol. The Labute approximate surface area is 117 Å². The maximum Gasteiger partial charge on any atom is 0.0450 e. The van der Waals surface area contributed by atoms with E-state index in [4.69, 9.17) is 5.73 Å². The number of pyridine rings is 1. The number of nitrogens with two attached hydrogens (primary N) is 1. The molecule has 0 saturated carbocycles. The van der Waals surface area contributed by atoms with Gasteiger partial charge in [-0.1, -0.05) is 13.8 Å². The summed E-state index contributed by atoms with van der Waals surface area (Å²) < 4.78 is 0. The van der Waals surface area contributed by atoms with Crippen LogP contribution < -0.4 is 10.6 Å². The number of piperidine rings is 1. The highest BCUT2D eigenvalue weighted by Gasteiger charge is 2.30. The van der Waals surface area contributed by atoms with E-state index in [-0.39, 0.29) is 0 Å². The van der Waals surface area contributed by atoms with Crippen molar-refractivity contribution in [3.8, 4) is 0 Å². The Balaban J connectivity index is 2.44. The van der Waals surface area contributed by atoms with E-state index >= 15 is 0 Å². The SMILES string of the molecule is Cc1cc(N2CC(C)CC(C)C2C)c(CN)c(C)n1. The smallest absolute Gasteiger partial charge is 0.0450 e. The Morgan fingerprint density at radius 3 is 2.63 bits per heavy atom. The summed E-state index contributed by atoms with van der Waals surface area (Å²) in [6.45, 7) is 12.9. The van der Waals surface area contributed by atoms with Crippen molar-refractivity contribution >= 4 is 5.69 Å². The molecule has 2 N–H and O–H groups in total. The number of rotatable bonds is 2. The molecule has 0 amide bonds. The van der Waals surface area contributed by atoms with Gasteiger partial charge in [0.15, 0.2) is 0 Å². The molecule has 1 saturated heterocycles. The summed E-state index contributed by atoms with van der Waals surface area (Å²) in [7, 11) is 0. The zero-order valence-electron chi connectivity index (χ0n) is 12.9. The highest BCUT2D eigenvalue weighted by atomic mass is 15.2.